The van der Waals surface area contributed by atoms with Crippen LogP contribution >= 0.6 is 0 Å². The van der Waals surface area contributed by atoms with E-state index in [1.165, 1.54) is 6.92 Å². The normalized spacial score (nSPS) is 27.2. The minimum Gasteiger partial charge on any atom is -0.481 e. The first-order chi connectivity index (χ1) is 8.71. The monoisotopic (exact) mass is 295 g/mol. The zero-order chi connectivity index (χ0) is 14.7. The van der Waals surface area contributed by atoms with Crippen LogP contribution in [0.25, 0.3) is 0 Å². The van der Waals surface area contributed by atoms with Gasteiger partial charge >= 0.3 is 11.9 Å². The van der Waals surface area contributed by atoms with Crippen LogP contribution in [0.4, 0.5) is 0 Å². The van der Waals surface area contributed by atoms with Gasteiger partial charge in [0, 0.05) is 0 Å². The van der Waals surface area contributed by atoms with Gasteiger partial charge < -0.3 is 14.6 Å². The van der Waals surface area contributed by atoms with Crippen LogP contribution in [0, 0.1) is 5.41 Å². The Morgan fingerprint density at radius 1 is 1.53 bits per heavy atom. The molecule has 9 heteroatoms. The molecule has 1 aliphatic rings. The van der Waals surface area contributed by atoms with Crippen molar-refractivity contribution in [2.75, 3.05) is 25.6 Å². The Morgan fingerprint density at radius 3 is 2.68 bits per heavy atom. The highest BCUT2D eigenvalue weighted by molar-refractivity contribution is 7.90. The molecule has 0 amide bonds. The predicted molar refractivity (Wildman–Crippen MR) is 63.9 cm³/mol. The number of nitrogens with one attached hydrogen (secondary N) is 1. The number of carbonyl (C=O) groups excluding carboxylic acids is 1. The maximum atomic E-state index is 11.7. The average molecular weight is 295 g/mol. The highest BCUT2D eigenvalue weighted by atomic mass is 32.2. The molecule has 1 rings (SSSR count). The lowest BCUT2D eigenvalue weighted by Gasteiger charge is -2.25. The summed E-state index contributed by atoms with van der Waals surface area (Å²) in [5.74, 6) is -2.88. The molecule has 0 saturated carbocycles. The van der Waals surface area contributed by atoms with Crippen LogP contribution in [-0.2, 0) is 29.1 Å². The lowest BCUT2D eigenvalue weighted by molar-refractivity contribution is -0.148. The van der Waals surface area contributed by atoms with E-state index in [0.717, 1.165) is 0 Å². The number of esters is 1. The molecule has 2 unspecified atom stereocenters. The van der Waals surface area contributed by atoms with Crippen molar-refractivity contribution in [3.05, 3.63) is 0 Å². The van der Waals surface area contributed by atoms with E-state index >= 15 is 0 Å². The second-order valence-corrected chi connectivity index (χ2v) is 6.23. The molecule has 0 aromatic carbocycles. The van der Waals surface area contributed by atoms with E-state index in [2.05, 4.69) is 9.46 Å². The van der Waals surface area contributed by atoms with Crippen molar-refractivity contribution < 1.29 is 32.6 Å². The van der Waals surface area contributed by atoms with Gasteiger partial charge in [0.05, 0.1) is 25.9 Å². The maximum Gasteiger partial charge on any atom is 0.322 e. The van der Waals surface area contributed by atoms with Crippen molar-refractivity contribution in [1.82, 2.24) is 4.72 Å². The summed E-state index contributed by atoms with van der Waals surface area (Å²) in [4.78, 5) is 22.3. The Morgan fingerprint density at radius 2 is 2.16 bits per heavy atom. The molecule has 1 heterocycles. The highest BCUT2D eigenvalue weighted by Crippen LogP contribution is 2.29. The van der Waals surface area contributed by atoms with Crippen molar-refractivity contribution >= 4 is 22.0 Å². The van der Waals surface area contributed by atoms with E-state index in [4.69, 9.17) is 9.84 Å². The summed E-state index contributed by atoms with van der Waals surface area (Å²) >= 11 is 0. The topological polar surface area (TPSA) is 119 Å². The quantitative estimate of drug-likeness (QED) is 0.600. The summed E-state index contributed by atoms with van der Waals surface area (Å²) in [6.45, 7) is 2.89. The zero-order valence-electron chi connectivity index (χ0n) is 10.7. The molecule has 1 fully saturated rings. The molecular weight excluding hydrogens is 278 g/mol. The molecule has 0 radical (unpaired) electrons. The van der Waals surface area contributed by atoms with Gasteiger partial charge in [0.1, 0.15) is 5.41 Å². The van der Waals surface area contributed by atoms with Crippen molar-refractivity contribution in [1.29, 1.82) is 0 Å². The predicted octanol–water partition coefficient (Wildman–Crippen LogP) is -1.04. The van der Waals surface area contributed by atoms with Gasteiger partial charge in [-0.3, -0.25) is 9.59 Å². The maximum absolute atomic E-state index is 11.7. The fourth-order valence-electron chi connectivity index (χ4n) is 1.66. The van der Waals surface area contributed by atoms with E-state index in [1.54, 1.807) is 6.92 Å². The number of aliphatic carboxylic acids is 1. The molecule has 0 aromatic rings. The third-order valence-electron chi connectivity index (χ3n) is 2.88. The molecule has 8 nitrogen and oxygen atoms in total. The molecule has 110 valence electrons. The smallest absolute Gasteiger partial charge is 0.322 e. The molecule has 1 aliphatic heterocycles. The van der Waals surface area contributed by atoms with E-state index in [1.807, 2.05) is 0 Å². The summed E-state index contributed by atoms with van der Waals surface area (Å²) < 4.78 is 35.2. The van der Waals surface area contributed by atoms with Crippen LogP contribution in [0.3, 0.4) is 0 Å². The summed E-state index contributed by atoms with van der Waals surface area (Å²) in [7, 11) is -3.96. The summed E-state index contributed by atoms with van der Waals surface area (Å²) in [5, 5.41) is 9.10. The fourth-order valence-corrected chi connectivity index (χ4v) is 2.90. The first-order valence-electron chi connectivity index (χ1n) is 5.68. The number of carboxylic acid groups (broad SMARTS) is 1. The number of hydrogen-bond donors (Lipinski definition) is 2. The number of carboxylic acids is 1. The molecule has 0 bridgehead atoms. The van der Waals surface area contributed by atoms with Gasteiger partial charge in [-0.05, 0) is 13.8 Å². The molecule has 0 spiro atoms. The van der Waals surface area contributed by atoms with Gasteiger partial charge in [0.25, 0.3) is 0 Å². The number of carbonyl (C=O) groups is 2. The zero-order valence-corrected chi connectivity index (χ0v) is 11.5. The first-order valence-corrected chi connectivity index (χ1v) is 7.33. The SMILES string of the molecule is CCOC(=O)CS(=O)(=O)NC1COCC1(C)C(=O)O. The summed E-state index contributed by atoms with van der Waals surface area (Å²) in [6.07, 6.45) is 0. The molecule has 19 heavy (non-hydrogen) atoms. The van der Waals surface area contributed by atoms with Gasteiger partial charge in [-0.1, -0.05) is 0 Å². The Kier molecular flexibility index (Phi) is 4.88. The van der Waals surface area contributed by atoms with E-state index in [-0.39, 0.29) is 19.8 Å². The minimum atomic E-state index is -3.96. The molecule has 1 saturated heterocycles. The number of sulfonamides is 1. The van der Waals surface area contributed by atoms with Crippen LogP contribution in [0.2, 0.25) is 0 Å². The van der Waals surface area contributed by atoms with E-state index in [9.17, 15) is 18.0 Å². The Bertz CT molecular complexity index is 460. The van der Waals surface area contributed by atoms with Crippen LogP contribution in [0.15, 0.2) is 0 Å². The largest absolute Gasteiger partial charge is 0.481 e. The van der Waals surface area contributed by atoms with Crippen molar-refractivity contribution in [2.45, 2.75) is 19.9 Å². The summed E-state index contributed by atoms with van der Waals surface area (Å²) in [5.41, 5.74) is -1.35. The third kappa shape index (κ3) is 3.88. The van der Waals surface area contributed by atoms with Crippen LogP contribution in [0.1, 0.15) is 13.8 Å². The lowest BCUT2D eigenvalue weighted by Crippen LogP contribution is -2.50. The fraction of sp³-hybridized carbons (Fsp3) is 0.800. The van der Waals surface area contributed by atoms with E-state index < -0.39 is 39.2 Å². The van der Waals surface area contributed by atoms with Crippen LogP contribution in [0.5, 0.6) is 0 Å². The van der Waals surface area contributed by atoms with Crippen LogP contribution in [-0.4, -0.2) is 57.1 Å². The van der Waals surface area contributed by atoms with Gasteiger partial charge in [0.15, 0.2) is 5.75 Å². The standard InChI is InChI=1S/C10H17NO7S/c1-3-18-8(12)5-19(15,16)11-7-4-17-6-10(7,2)9(13)14/h7,11H,3-6H2,1-2H3,(H,13,14). The lowest BCUT2D eigenvalue weighted by atomic mass is 9.86. The number of rotatable bonds is 6. The van der Waals surface area contributed by atoms with Gasteiger partial charge in [-0.25, -0.2) is 13.1 Å². The van der Waals surface area contributed by atoms with E-state index in [0.29, 0.717) is 0 Å². The summed E-state index contributed by atoms with van der Waals surface area (Å²) in [6, 6.07) is -0.913. The van der Waals surface area contributed by atoms with Crippen LogP contribution < -0.4 is 4.72 Å². The Labute approximate surface area is 111 Å². The first kappa shape index (κ1) is 15.9. The van der Waals surface area contributed by atoms with Gasteiger partial charge in [-0.2, -0.15) is 0 Å². The number of ether oxygens (including phenoxy) is 2. The van der Waals surface area contributed by atoms with Crippen molar-refractivity contribution in [2.24, 2.45) is 5.41 Å². The second kappa shape index (κ2) is 5.85. The molecule has 0 aromatic heterocycles. The van der Waals surface area contributed by atoms with Crippen molar-refractivity contribution in [3.63, 3.8) is 0 Å². The Balaban J connectivity index is 2.73. The molecule has 0 aliphatic carbocycles. The second-order valence-electron chi connectivity index (χ2n) is 4.47. The third-order valence-corrected chi connectivity index (χ3v) is 4.14. The molecule has 2 atom stereocenters. The molecular formula is C10H17NO7S. The van der Waals surface area contributed by atoms with Gasteiger partial charge in [-0.15, -0.1) is 0 Å². The van der Waals surface area contributed by atoms with Crippen molar-refractivity contribution in [3.8, 4) is 0 Å². The molecule has 2 N–H and O–H groups in total. The highest BCUT2D eigenvalue weighted by Gasteiger charge is 2.48. The average Bonchev–Trinajstić information content (AvgIpc) is 2.60. The van der Waals surface area contributed by atoms with Gasteiger partial charge in [0.2, 0.25) is 10.0 Å². The minimum absolute atomic E-state index is 0.0507. The Hall–Kier alpha value is -1.19. The number of hydrogen-bond acceptors (Lipinski definition) is 6.